The molecule has 0 fully saturated rings. The second kappa shape index (κ2) is 5.49. The minimum Gasteiger partial charge on any atom is -0.293 e. The van der Waals surface area contributed by atoms with Gasteiger partial charge in [0.05, 0.1) is 6.54 Å². The number of hydrogen-bond donors (Lipinski definition) is 2. The van der Waals surface area contributed by atoms with E-state index in [4.69, 9.17) is 0 Å². The Morgan fingerprint density at radius 1 is 1.21 bits per heavy atom. The maximum absolute atomic E-state index is 11.7. The zero-order valence-electron chi connectivity index (χ0n) is 8.45. The summed E-state index contributed by atoms with van der Waals surface area (Å²) in [7, 11) is 3.52. The number of rotatable bonds is 5. The molecular weight excluding hydrogens is 178 g/mol. The van der Waals surface area contributed by atoms with Crippen LogP contribution in [0.5, 0.6) is 0 Å². The van der Waals surface area contributed by atoms with Gasteiger partial charge >= 0.3 is 0 Å². The molecule has 0 aromatic heterocycles. The Balaban J connectivity index is 2.59. The monoisotopic (exact) mass is 193 g/mol. The van der Waals surface area contributed by atoms with Crippen molar-refractivity contribution in [3.8, 4) is 0 Å². The third-order valence-electron chi connectivity index (χ3n) is 1.94. The summed E-state index contributed by atoms with van der Waals surface area (Å²) in [5, 5.41) is 1.62. The van der Waals surface area contributed by atoms with Gasteiger partial charge in [-0.05, 0) is 0 Å². The van der Waals surface area contributed by atoms with E-state index >= 15 is 0 Å². The second-order valence-electron chi connectivity index (χ2n) is 2.82. The van der Waals surface area contributed by atoms with Gasteiger partial charge in [0.15, 0.2) is 5.78 Å². The highest BCUT2D eigenvalue weighted by molar-refractivity contribution is 5.97. The van der Waals surface area contributed by atoms with Crippen molar-refractivity contribution in [2.45, 2.75) is 0 Å². The van der Waals surface area contributed by atoms with E-state index in [1.165, 1.54) is 0 Å². The van der Waals surface area contributed by atoms with Crippen molar-refractivity contribution in [3.63, 3.8) is 0 Å². The lowest BCUT2D eigenvalue weighted by molar-refractivity contribution is 0.0821. The smallest absolute Gasteiger partial charge is 0.179 e. The van der Waals surface area contributed by atoms with Gasteiger partial charge in [-0.15, -0.1) is 0 Å². The highest BCUT2D eigenvalue weighted by atomic mass is 16.1. The molecule has 0 saturated carbocycles. The maximum Gasteiger partial charge on any atom is 0.179 e. The molecule has 0 saturated heterocycles. The number of hydrogen-bond acceptors (Lipinski definition) is 4. The average molecular weight is 193 g/mol. The van der Waals surface area contributed by atoms with Crippen LogP contribution >= 0.6 is 0 Å². The minimum absolute atomic E-state index is 0.0781. The molecule has 1 aromatic rings. The standard InChI is InChI=1S/C10H15N3O/c1-11-13(12-2)8-10(14)9-6-4-3-5-7-9/h3-7,11-12H,8H2,1-2H3. The number of benzene rings is 1. The van der Waals surface area contributed by atoms with E-state index in [1.807, 2.05) is 30.3 Å². The van der Waals surface area contributed by atoms with Crippen LogP contribution in [0.4, 0.5) is 0 Å². The van der Waals surface area contributed by atoms with Crippen molar-refractivity contribution in [3.05, 3.63) is 35.9 Å². The number of carbonyl (C=O) groups excluding carboxylic acids is 1. The lowest BCUT2D eigenvalue weighted by atomic mass is 10.1. The Labute approximate surface area is 83.9 Å². The third-order valence-corrected chi connectivity index (χ3v) is 1.94. The first-order chi connectivity index (χ1) is 6.77. The largest absolute Gasteiger partial charge is 0.293 e. The van der Waals surface area contributed by atoms with Crippen LogP contribution < -0.4 is 10.9 Å². The van der Waals surface area contributed by atoms with Crippen molar-refractivity contribution in [1.82, 2.24) is 16.0 Å². The molecule has 4 nitrogen and oxygen atoms in total. The van der Waals surface area contributed by atoms with E-state index in [1.54, 1.807) is 19.2 Å². The summed E-state index contributed by atoms with van der Waals surface area (Å²) < 4.78 is 0. The highest BCUT2D eigenvalue weighted by Gasteiger charge is 2.08. The van der Waals surface area contributed by atoms with E-state index in [2.05, 4.69) is 10.9 Å². The van der Waals surface area contributed by atoms with Crippen LogP contribution in [0.25, 0.3) is 0 Å². The number of nitrogens with zero attached hydrogens (tertiary/aromatic N) is 1. The van der Waals surface area contributed by atoms with E-state index in [9.17, 15) is 4.79 Å². The Morgan fingerprint density at radius 3 is 2.29 bits per heavy atom. The molecule has 0 heterocycles. The van der Waals surface area contributed by atoms with Gasteiger partial charge in [-0.25, -0.2) is 10.9 Å². The average Bonchev–Trinajstić information content (AvgIpc) is 2.26. The summed E-state index contributed by atoms with van der Waals surface area (Å²) in [6.45, 7) is 0.303. The van der Waals surface area contributed by atoms with Crippen LogP contribution in [0.15, 0.2) is 30.3 Å². The number of carbonyl (C=O) groups is 1. The van der Waals surface area contributed by atoms with Crippen molar-refractivity contribution in [2.75, 3.05) is 20.6 Å². The molecule has 0 radical (unpaired) electrons. The van der Waals surface area contributed by atoms with Crippen molar-refractivity contribution in [1.29, 1.82) is 0 Å². The van der Waals surface area contributed by atoms with Gasteiger partial charge in [0, 0.05) is 19.7 Å². The van der Waals surface area contributed by atoms with Gasteiger partial charge in [0.2, 0.25) is 0 Å². The molecule has 0 bridgehead atoms. The van der Waals surface area contributed by atoms with Gasteiger partial charge in [0.25, 0.3) is 0 Å². The highest BCUT2D eigenvalue weighted by Crippen LogP contribution is 1.99. The first-order valence-corrected chi connectivity index (χ1v) is 4.48. The maximum atomic E-state index is 11.7. The van der Waals surface area contributed by atoms with Gasteiger partial charge in [-0.2, -0.15) is 5.12 Å². The molecule has 0 amide bonds. The Kier molecular flexibility index (Phi) is 4.25. The fraction of sp³-hybridized carbons (Fsp3) is 0.300. The van der Waals surface area contributed by atoms with Crippen molar-refractivity contribution >= 4 is 5.78 Å². The van der Waals surface area contributed by atoms with Gasteiger partial charge in [-0.1, -0.05) is 30.3 Å². The Morgan fingerprint density at radius 2 is 1.79 bits per heavy atom. The molecule has 76 valence electrons. The predicted octanol–water partition coefficient (Wildman–Crippen LogP) is 0.440. The molecule has 4 heteroatoms. The van der Waals surface area contributed by atoms with Gasteiger partial charge in [-0.3, -0.25) is 4.79 Å². The van der Waals surface area contributed by atoms with E-state index < -0.39 is 0 Å². The fourth-order valence-electron chi connectivity index (χ4n) is 1.13. The third kappa shape index (κ3) is 2.92. The van der Waals surface area contributed by atoms with E-state index in [0.29, 0.717) is 6.54 Å². The molecule has 0 atom stereocenters. The Bertz CT molecular complexity index is 283. The molecular formula is C10H15N3O. The topological polar surface area (TPSA) is 44.4 Å². The van der Waals surface area contributed by atoms with Crippen LogP contribution in [0.3, 0.4) is 0 Å². The van der Waals surface area contributed by atoms with E-state index in [-0.39, 0.29) is 5.78 Å². The minimum atomic E-state index is 0.0781. The normalized spacial score (nSPS) is 10.5. The SMILES string of the molecule is CNN(CC(=O)c1ccccc1)NC. The lowest BCUT2D eigenvalue weighted by Crippen LogP contribution is -2.47. The number of Topliss-reactive ketones (excluding diaryl/α,β-unsaturated/α-hetero) is 1. The zero-order valence-corrected chi connectivity index (χ0v) is 8.45. The summed E-state index contributed by atoms with van der Waals surface area (Å²) in [6, 6.07) is 9.23. The van der Waals surface area contributed by atoms with Crippen molar-refractivity contribution in [2.24, 2.45) is 0 Å². The molecule has 0 aliphatic rings. The fourth-order valence-corrected chi connectivity index (χ4v) is 1.13. The van der Waals surface area contributed by atoms with Crippen LogP contribution in [0.1, 0.15) is 10.4 Å². The van der Waals surface area contributed by atoms with E-state index in [0.717, 1.165) is 5.56 Å². The number of ketones is 1. The molecule has 0 unspecified atom stereocenters. The number of nitrogens with one attached hydrogen (secondary N) is 2. The summed E-state index contributed by atoms with van der Waals surface area (Å²) in [4.78, 5) is 11.7. The van der Waals surface area contributed by atoms with Gasteiger partial charge < -0.3 is 0 Å². The first kappa shape index (κ1) is 10.8. The molecule has 1 rings (SSSR count). The molecule has 1 aromatic carbocycles. The molecule has 0 spiro atoms. The predicted molar refractivity (Wildman–Crippen MR) is 55.6 cm³/mol. The summed E-state index contributed by atoms with van der Waals surface area (Å²) in [6.07, 6.45) is 0. The summed E-state index contributed by atoms with van der Waals surface area (Å²) in [5.74, 6) is 0.0781. The molecule has 0 aliphatic heterocycles. The van der Waals surface area contributed by atoms with Gasteiger partial charge in [0.1, 0.15) is 0 Å². The molecule has 14 heavy (non-hydrogen) atoms. The summed E-state index contributed by atoms with van der Waals surface area (Å²) >= 11 is 0. The van der Waals surface area contributed by atoms with Crippen LogP contribution in [0.2, 0.25) is 0 Å². The lowest BCUT2D eigenvalue weighted by Gasteiger charge is -2.18. The number of hydrazine groups is 2. The van der Waals surface area contributed by atoms with Crippen molar-refractivity contribution < 1.29 is 4.79 Å². The molecule has 0 aliphatic carbocycles. The Hall–Kier alpha value is -1.23. The first-order valence-electron chi connectivity index (χ1n) is 4.48. The van der Waals surface area contributed by atoms with Crippen LogP contribution in [0, 0.1) is 0 Å². The quantitative estimate of drug-likeness (QED) is 0.526. The second-order valence-corrected chi connectivity index (χ2v) is 2.82. The summed E-state index contributed by atoms with van der Waals surface area (Å²) in [5.41, 5.74) is 6.43. The molecule has 2 N–H and O–H groups in total. The van der Waals surface area contributed by atoms with Crippen LogP contribution in [-0.2, 0) is 0 Å². The van der Waals surface area contributed by atoms with Crippen LogP contribution in [-0.4, -0.2) is 31.5 Å². The zero-order chi connectivity index (χ0) is 10.4.